The Morgan fingerprint density at radius 3 is 2.21 bits per heavy atom. The Kier molecular flexibility index (Phi) is 4.64. The van der Waals surface area contributed by atoms with Crippen molar-refractivity contribution in [3.63, 3.8) is 0 Å². The molecule has 1 aromatic rings. The second-order valence-corrected chi connectivity index (χ2v) is 6.48. The summed E-state index contributed by atoms with van der Waals surface area (Å²) in [4.78, 5) is 2.45. The van der Waals surface area contributed by atoms with Crippen molar-refractivity contribution in [1.29, 1.82) is 0 Å². The second kappa shape index (κ2) is 6.06. The topological polar surface area (TPSA) is 29.3 Å². The van der Waals surface area contributed by atoms with E-state index < -0.39 is 0 Å². The Labute approximate surface area is 118 Å². The van der Waals surface area contributed by atoms with Gasteiger partial charge in [0, 0.05) is 6.42 Å². The zero-order valence-electron chi connectivity index (χ0n) is 12.7. The summed E-state index contributed by atoms with van der Waals surface area (Å²) in [6.45, 7) is 8.94. The van der Waals surface area contributed by atoms with Crippen molar-refractivity contribution < 1.29 is 0 Å². The summed E-state index contributed by atoms with van der Waals surface area (Å²) < 4.78 is 0. The Morgan fingerprint density at radius 2 is 1.68 bits per heavy atom. The molecule has 2 rings (SSSR count). The van der Waals surface area contributed by atoms with Crippen molar-refractivity contribution >= 4 is 0 Å². The van der Waals surface area contributed by atoms with E-state index in [0.717, 1.165) is 19.5 Å². The number of hydrogen-bond donors (Lipinski definition) is 1. The fourth-order valence-electron chi connectivity index (χ4n) is 2.95. The Bertz CT molecular complexity index is 386. The fraction of sp³-hybridized carbons (Fsp3) is 0.647. The standard InChI is InChI=1S/C17H28N2/c1-14(2)16-9-7-15(8-10-16)13-17(3,18)19-11-5-4-6-12-19/h7-10,14H,4-6,11-13,18H2,1-3H3. The van der Waals surface area contributed by atoms with E-state index in [4.69, 9.17) is 5.73 Å². The molecule has 1 aromatic carbocycles. The van der Waals surface area contributed by atoms with Gasteiger partial charge in [0.15, 0.2) is 0 Å². The van der Waals surface area contributed by atoms with Crippen LogP contribution in [0.1, 0.15) is 57.1 Å². The molecule has 2 nitrogen and oxygen atoms in total. The Balaban J connectivity index is 2.02. The van der Waals surface area contributed by atoms with Crippen LogP contribution in [0.2, 0.25) is 0 Å². The van der Waals surface area contributed by atoms with Crippen molar-refractivity contribution in [3.05, 3.63) is 35.4 Å². The van der Waals surface area contributed by atoms with E-state index in [1.54, 1.807) is 0 Å². The highest BCUT2D eigenvalue weighted by Crippen LogP contribution is 2.22. The Morgan fingerprint density at radius 1 is 1.11 bits per heavy atom. The molecule has 1 atom stereocenters. The van der Waals surface area contributed by atoms with Gasteiger partial charge < -0.3 is 5.73 Å². The third-order valence-electron chi connectivity index (χ3n) is 4.29. The first-order valence-corrected chi connectivity index (χ1v) is 7.62. The minimum Gasteiger partial charge on any atom is -0.313 e. The van der Waals surface area contributed by atoms with Gasteiger partial charge in [0.25, 0.3) is 0 Å². The maximum Gasteiger partial charge on any atom is 0.0699 e. The summed E-state index contributed by atoms with van der Waals surface area (Å²) in [6, 6.07) is 8.97. The van der Waals surface area contributed by atoms with Crippen LogP contribution in [0, 0.1) is 0 Å². The summed E-state index contributed by atoms with van der Waals surface area (Å²) in [5.74, 6) is 0.598. The van der Waals surface area contributed by atoms with Gasteiger partial charge in [-0.15, -0.1) is 0 Å². The van der Waals surface area contributed by atoms with Crippen LogP contribution in [0.15, 0.2) is 24.3 Å². The number of rotatable bonds is 4. The predicted molar refractivity (Wildman–Crippen MR) is 82.3 cm³/mol. The lowest BCUT2D eigenvalue weighted by atomic mass is 9.95. The van der Waals surface area contributed by atoms with Crippen LogP contribution in [0.3, 0.4) is 0 Å². The van der Waals surface area contributed by atoms with Gasteiger partial charge >= 0.3 is 0 Å². The minimum atomic E-state index is -0.209. The van der Waals surface area contributed by atoms with Crippen molar-refractivity contribution in [3.8, 4) is 0 Å². The van der Waals surface area contributed by atoms with Gasteiger partial charge in [-0.1, -0.05) is 44.5 Å². The normalized spacial score (nSPS) is 20.5. The van der Waals surface area contributed by atoms with Gasteiger partial charge in [0.1, 0.15) is 0 Å². The molecular weight excluding hydrogens is 232 g/mol. The third kappa shape index (κ3) is 3.80. The molecule has 1 aliphatic rings. The van der Waals surface area contributed by atoms with Gasteiger partial charge in [-0.25, -0.2) is 0 Å². The highest BCUT2D eigenvalue weighted by atomic mass is 15.3. The zero-order chi connectivity index (χ0) is 13.9. The molecule has 106 valence electrons. The van der Waals surface area contributed by atoms with Gasteiger partial charge in [-0.05, 0) is 49.9 Å². The molecule has 1 heterocycles. The number of piperidine rings is 1. The van der Waals surface area contributed by atoms with Crippen LogP contribution in [-0.2, 0) is 6.42 Å². The summed E-state index contributed by atoms with van der Waals surface area (Å²) in [7, 11) is 0. The van der Waals surface area contributed by atoms with Gasteiger partial charge in [-0.2, -0.15) is 0 Å². The number of nitrogens with two attached hydrogens (primary N) is 1. The lowest BCUT2D eigenvalue weighted by molar-refractivity contribution is 0.0856. The summed E-state index contributed by atoms with van der Waals surface area (Å²) in [5, 5.41) is 0. The van der Waals surface area contributed by atoms with Crippen LogP contribution < -0.4 is 5.73 Å². The predicted octanol–water partition coefficient (Wildman–Crippen LogP) is 3.51. The second-order valence-electron chi connectivity index (χ2n) is 6.48. The third-order valence-corrected chi connectivity index (χ3v) is 4.29. The van der Waals surface area contributed by atoms with Crippen LogP contribution in [0.5, 0.6) is 0 Å². The molecule has 1 unspecified atom stereocenters. The molecule has 0 aromatic heterocycles. The number of nitrogens with zero attached hydrogens (tertiary/aromatic N) is 1. The maximum atomic E-state index is 6.55. The highest BCUT2D eigenvalue weighted by molar-refractivity contribution is 5.25. The van der Waals surface area contributed by atoms with E-state index in [1.807, 2.05) is 0 Å². The molecular formula is C17H28N2. The van der Waals surface area contributed by atoms with Crippen LogP contribution in [0.25, 0.3) is 0 Å². The van der Waals surface area contributed by atoms with E-state index >= 15 is 0 Å². The van der Waals surface area contributed by atoms with Crippen molar-refractivity contribution in [2.24, 2.45) is 5.73 Å². The lowest BCUT2D eigenvalue weighted by Gasteiger charge is -2.40. The number of benzene rings is 1. The molecule has 1 aliphatic heterocycles. The Hall–Kier alpha value is -0.860. The molecule has 0 aliphatic carbocycles. The average Bonchev–Trinajstić information content (AvgIpc) is 2.40. The smallest absolute Gasteiger partial charge is 0.0699 e. The van der Waals surface area contributed by atoms with Crippen LogP contribution in [-0.4, -0.2) is 23.7 Å². The van der Waals surface area contributed by atoms with E-state index in [-0.39, 0.29) is 5.66 Å². The molecule has 0 spiro atoms. The molecule has 1 fully saturated rings. The first-order valence-electron chi connectivity index (χ1n) is 7.62. The molecule has 0 saturated carbocycles. The SMILES string of the molecule is CC(C)c1ccc(CC(C)(N)N2CCCCC2)cc1. The largest absolute Gasteiger partial charge is 0.313 e. The first kappa shape index (κ1) is 14.5. The van der Waals surface area contributed by atoms with Gasteiger partial charge in [0.05, 0.1) is 5.66 Å². The van der Waals surface area contributed by atoms with Crippen LogP contribution in [0.4, 0.5) is 0 Å². The van der Waals surface area contributed by atoms with Crippen LogP contribution >= 0.6 is 0 Å². The average molecular weight is 260 g/mol. The van der Waals surface area contributed by atoms with E-state index in [0.29, 0.717) is 5.92 Å². The molecule has 2 heteroatoms. The lowest BCUT2D eigenvalue weighted by Crippen LogP contribution is -2.56. The van der Waals surface area contributed by atoms with Gasteiger partial charge in [0.2, 0.25) is 0 Å². The van der Waals surface area contributed by atoms with Crippen molar-refractivity contribution in [2.45, 2.75) is 58.0 Å². The quantitative estimate of drug-likeness (QED) is 0.897. The fourth-order valence-corrected chi connectivity index (χ4v) is 2.95. The van der Waals surface area contributed by atoms with Gasteiger partial charge in [-0.3, -0.25) is 4.90 Å². The maximum absolute atomic E-state index is 6.55. The summed E-state index contributed by atoms with van der Waals surface area (Å²) in [5.41, 5.74) is 9.09. The molecule has 1 saturated heterocycles. The molecule has 0 radical (unpaired) electrons. The van der Waals surface area contributed by atoms with E-state index in [2.05, 4.69) is 49.9 Å². The van der Waals surface area contributed by atoms with E-state index in [9.17, 15) is 0 Å². The molecule has 19 heavy (non-hydrogen) atoms. The first-order chi connectivity index (χ1) is 8.99. The molecule has 2 N–H and O–H groups in total. The number of likely N-dealkylation sites (tertiary alicyclic amines) is 1. The van der Waals surface area contributed by atoms with E-state index in [1.165, 1.54) is 30.4 Å². The molecule has 0 bridgehead atoms. The summed E-state index contributed by atoms with van der Waals surface area (Å²) >= 11 is 0. The zero-order valence-corrected chi connectivity index (χ0v) is 12.7. The summed E-state index contributed by atoms with van der Waals surface area (Å²) in [6.07, 6.45) is 4.87. The molecule has 0 amide bonds. The minimum absolute atomic E-state index is 0.209. The highest BCUT2D eigenvalue weighted by Gasteiger charge is 2.28. The van der Waals surface area contributed by atoms with Crippen molar-refractivity contribution in [2.75, 3.05) is 13.1 Å². The number of hydrogen-bond acceptors (Lipinski definition) is 2. The monoisotopic (exact) mass is 260 g/mol. The van der Waals surface area contributed by atoms with Crippen molar-refractivity contribution in [1.82, 2.24) is 4.90 Å².